The molecule has 0 aromatic heterocycles. The Morgan fingerprint density at radius 3 is 2.64 bits per heavy atom. The normalized spacial score (nSPS) is 20.0. The van der Waals surface area contributed by atoms with E-state index in [0.717, 1.165) is 18.6 Å². The molecule has 0 saturated carbocycles. The smallest absolute Gasteiger partial charge is 0.120 e. The highest BCUT2D eigenvalue weighted by atomic mass is 32.2. The standard InChI is InChI=1S/C22H25NOS/c1-4-6-14-22(5-2)16-20(17-10-8-7-9-11-17)19-13-12-18(24-3)15-21(19)25-23-22/h4,6-13,15-16,23H,5,14H2,1-3H3. The van der Waals surface area contributed by atoms with Crippen molar-refractivity contribution in [3.05, 3.63) is 77.9 Å². The van der Waals surface area contributed by atoms with Gasteiger partial charge in [0.05, 0.1) is 12.6 Å². The fourth-order valence-corrected chi connectivity index (χ4v) is 4.14. The molecule has 0 radical (unpaired) electrons. The number of hydrogen-bond acceptors (Lipinski definition) is 3. The molecule has 1 N–H and O–H groups in total. The third kappa shape index (κ3) is 3.83. The van der Waals surface area contributed by atoms with Crippen molar-refractivity contribution in [1.82, 2.24) is 4.72 Å². The van der Waals surface area contributed by atoms with Crippen LogP contribution in [0.5, 0.6) is 5.75 Å². The van der Waals surface area contributed by atoms with E-state index in [1.54, 1.807) is 19.1 Å². The summed E-state index contributed by atoms with van der Waals surface area (Å²) in [7, 11) is 1.72. The monoisotopic (exact) mass is 351 g/mol. The second kappa shape index (κ2) is 7.94. The van der Waals surface area contributed by atoms with Gasteiger partial charge in [-0.15, -0.1) is 0 Å². The number of rotatable bonds is 5. The van der Waals surface area contributed by atoms with E-state index >= 15 is 0 Å². The van der Waals surface area contributed by atoms with Crippen LogP contribution in [-0.2, 0) is 0 Å². The Morgan fingerprint density at radius 1 is 1.16 bits per heavy atom. The van der Waals surface area contributed by atoms with Gasteiger partial charge in [-0.1, -0.05) is 55.5 Å². The van der Waals surface area contributed by atoms with Gasteiger partial charge < -0.3 is 4.74 Å². The largest absolute Gasteiger partial charge is 0.497 e. The maximum atomic E-state index is 5.43. The number of hydrogen-bond donors (Lipinski definition) is 1. The molecule has 0 bridgehead atoms. The van der Waals surface area contributed by atoms with Gasteiger partial charge in [0.25, 0.3) is 0 Å². The molecule has 0 spiro atoms. The molecule has 2 aromatic carbocycles. The highest BCUT2D eigenvalue weighted by molar-refractivity contribution is 7.97. The molecule has 1 unspecified atom stereocenters. The lowest BCUT2D eigenvalue weighted by Gasteiger charge is -2.28. The van der Waals surface area contributed by atoms with Crippen LogP contribution in [-0.4, -0.2) is 12.6 Å². The van der Waals surface area contributed by atoms with Gasteiger partial charge >= 0.3 is 0 Å². The molecule has 130 valence electrons. The predicted octanol–water partition coefficient (Wildman–Crippen LogP) is 5.85. The van der Waals surface area contributed by atoms with E-state index < -0.39 is 0 Å². The molecule has 3 rings (SSSR count). The lowest BCUT2D eigenvalue weighted by atomic mass is 9.86. The van der Waals surface area contributed by atoms with Gasteiger partial charge in [0.1, 0.15) is 5.75 Å². The molecule has 0 saturated heterocycles. The molecule has 1 aliphatic heterocycles. The van der Waals surface area contributed by atoms with Gasteiger partial charge in [-0.3, -0.25) is 0 Å². The second-order valence-electron chi connectivity index (χ2n) is 6.27. The van der Waals surface area contributed by atoms with Gasteiger partial charge in [0.2, 0.25) is 0 Å². The Morgan fingerprint density at radius 2 is 1.96 bits per heavy atom. The summed E-state index contributed by atoms with van der Waals surface area (Å²) in [6.07, 6.45) is 8.77. The van der Waals surface area contributed by atoms with Crippen LogP contribution >= 0.6 is 11.9 Å². The van der Waals surface area contributed by atoms with Crippen LogP contribution in [0.4, 0.5) is 0 Å². The molecule has 25 heavy (non-hydrogen) atoms. The Bertz CT molecular complexity index is 782. The molecule has 0 fully saturated rings. The lowest BCUT2D eigenvalue weighted by Crippen LogP contribution is -2.37. The zero-order chi connectivity index (χ0) is 17.7. The highest BCUT2D eigenvalue weighted by Gasteiger charge is 2.29. The van der Waals surface area contributed by atoms with Crippen molar-refractivity contribution < 1.29 is 4.74 Å². The number of nitrogens with one attached hydrogen (secondary N) is 1. The minimum Gasteiger partial charge on any atom is -0.497 e. The molecular formula is C22H25NOS. The molecule has 0 amide bonds. The van der Waals surface area contributed by atoms with Crippen molar-refractivity contribution in [2.45, 2.75) is 37.1 Å². The van der Waals surface area contributed by atoms with Crippen molar-refractivity contribution in [3.8, 4) is 5.75 Å². The quantitative estimate of drug-likeness (QED) is 0.539. The molecule has 1 aliphatic rings. The summed E-state index contributed by atoms with van der Waals surface area (Å²) < 4.78 is 9.15. The minimum absolute atomic E-state index is 0.0748. The van der Waals surface area contributed by atoms with E-state index in [0.29, 0.717) is 0 Å². The van der Waals surface area contributed by atoms with E-state index in [1.165, 1.54) is 21.6 Å². The summed E-state index contributed by atoms with van der Waals surface area (Å²) in [6, 6.07) is 17.0. The first-order valence-corrected chi connectivity index (χ1v) is 9.55. The predicted molar refractivity (Wildman–Crippen MR) is 108 cm³/mol. The number of allylic oxidation sites excluding steroid dienone is 1. The van der Waals surface area contributed by atoms with Crippen LogP contribution in [0.15, 0.2) is 71.7 Å². The van der Waals surface area contributed by atoms with E-state index in [-0.39, 0.29) is 5.54 Å². The summed E-state index contributed by atoms with van der Waals surface area (Å²) in [5.74, 6) is 0.887. The van der Waals surface area contributed by atoms with Crippen molar-refractivity contribution in [2.75, 3.05) is 7.11 Å². The Hall–Kier alpha value is -1.97. The third-order valence-corrected chi connectivity index (χ3v) is 5.76. The van der Waals surface area contributed by atoms with Gasteiger partial charge in [-0.25, -0.2) is 4.72 Å². The van der Waals surface area contributed by atoms with E-state index in [2.05, 4.69) is 79.3 Å². The second-order valence-corrected chi connectivity index (χ2v) is 7.12. The average Bonchev–Trinajstić information content (AvgIpc) is 2.84. The molecule has 2 nitrogen and oxygen atoms in total. The number of benzene rings is 2. The summed E-state index contributed by atoms with van der Waals surface area (Å²) in [5, 5.41) is 0. The van der Waals surface area contributed by atoms with Crippen LogP contribution in [0.3, 0.4) is 0 Å². The summed E-state index contributed by atoms with van der Waals surface area (Å²) >= 11 is 1.70. The first-order chi connectivity index (χ1) is 12.2. The molecular weight excluding hydrogens is 326 g/mol. The fourth-order valence-electron chi connectivity index (χ4n) is 3.08. The summed E-state index contributed by atoms with van der Waals surface area (Å²) in [5.41, 5.74) is 3.70. The van der Waals surface area contributed by atoms with Crippen molar-refractivity contribution in [1.29, 1.82) is 0 Å². The first-order valence-electron chi connectivity index (χ1n) is 8.73. The van der Waals surface area contributed by atoms with E-state index in [4.69, 9.17) is 4.74 Å². The number of ether oxygens (including phenoxy) is 1. The molecule has 1 heterocycles. The van der Waals surface area contributed by atoms with Gasteiger partial charge in [-0.05, 0) is 66.6 Å². The minimum atomic E-state index is -0.0748. The molecule has 1 atom stereocenters. The molecule has 2 aromatic rings. The SMILES string of the molecule is CC=CCC1(CC)C=C(c2ccccc2)c2ccc(OC)cc2SN1. The van der Waals surface area contributed by atoms with Gasteiger partial charge in [-0.2, -0.15) is 0 Å². The number of methoxy groups -OCH3 is 1. The van der Waals surface area contributed by atoms with Crippen LogP contribution < -0.4 is 9.46 Å². The van der Waals surface area contributed by atoms with E-state index in [1.807, 2.05) is 6.07 Å². The summed E-state index contributed by atoms with van der Waals surface area (Å²) in [6.45, 7) is 4.32. The van der Waals surface area contributed by atoms with Crippen molar-refractivity contribution in [2.24, 2.45) is 0 Å². The van der Waals surface area contributed by atoms with Crippen LogP contribution in [0.2, 0.25) is 0 Å². The lowest BCUT2D eigenvalue weighted by molar-refractivity contribution is 0.413. The Balaban J connectivity index is 2.16. The van der Waals surface area contributed by atoms with Crippen molar-refractivity contribution >= 4 is 17.5 Å². The Kier molecular flexibility index (Phi) is 5.67. The summed E-state index contributed by atoms with van der Waals surface area (Å²) in [4.78, 5) is 1.20. The van der Waals surface area contributed by atoms with Gasteiger partial charge in [0, 0.05) is 4.90 Å². The first kappa shape index (κ1) is 17.8. The zero-order valence-corrected chi connectivity index (χ0v) is 15.9. The zero-order valence-electron chi connectivity index (χ0n) is 15.1. The fraction of sp³-hybridized carbons (Fsp3) is 0.273. The van der Waals surface area contributed by atoms with Crippen LogP contribution in [0.25, 0.3) is 5.57 Å². The number of fused-ring (bicyclic) bond motifs is 1. The van der Waals surface area contributed by atoms with Crippen LogP contribution in [0.1, 0.15) is 37.8 Å². The highest BCUT2D eigenvalue weighted by Crippen LogP contribution is 2.40. The maximum Gasteiger partial charge on any atom is 0.120 e. The maximum absolute atomic E-state index is 5.43. The average molecular weight is 352 g/mol. The van der Waals surface area contributed by atoms with Gasteiger partial charge in [0.15, 0.2) is 0 Å². The topological polar surface area (TPSA) is 21.3 Å². The van der Waals surface area contributed by atoms with Crippen molar-refractivity contribution in [3.63, 3.8) is 0 Å². The van der Waals surface area contributed by atoms with E-state index in [9.17, 15) is 0 Å². The molecule has 3 heteroatoms. The Labute approximate surface area is 155 Å². The molecule has 0 aliphatic carbocycles. The third-order valence-electron chi connectivity index (χ3n) is 4.70. The van der Waals surface area contributed by atoms with Crippen LogP contribution in [0, 0.1) is 0 Å².